The van der Waals surface area contributed by atoms with Crippen molar-refractivity contribution in [3.8, 4) is 0 Å². The van der Waals surface area contributed by atoms with Gasteiger partial charge in [-0.15, -0.1) is 0 Å². The van der Waals surface area contributed by atoms with Gasteiger partial charge in [-0.25, -0.2) is 19.9 Å². The second-order valence-corrected chi connectivity index (χ2v) is 5.90. The summed E-state index contributed by atoms with van der Waals surface area (Å²) in [5.74, 6) is 2.63. The van der Waals surface area contributed by atoms with E-state index in [0.717, 1.165) is 48.2 Å². The van der Waals surface area contributed by atoms with Crippen molar-refractivity contribution in [2.45, 2.75) is 39.5 Å². The van der Waals surface area contributed by atoms with Crippen LogP contribution in [0.4, 0.5) is 11.8 Å². The fraction of sp³-hybridized carbons (Fsp3) is 0.500. The first-order valence-corrected chi connectivity index (χ1v) is 7.76. The van der Waals surface area contributed by atoms with Crippen LogP contribution in [0.5, 0.6) is 0 Å². The second-order valence-electron chi connectivity index (χ2n) is 5.90. The lowest BCUT2D eigenvalue weighted by atomic mass is 9.99. The molecule has 6 heteroatoms. The van der Waals surface area contributed by atoms with Crippen LogP contribution >= 0.6 is 0 Å². The van der Waals surface area contributed by atoms with Gasteiger partial charge in [0.25, 0.3) is 0 Å². The summed E-state index contributed by atoms with van der Waals surface area (Å²) in [7, 11) is 0. The number of nitrogens with one attached hydrogen (secondary N) is 2. The van der Waals surface area contributed by atoms with Gasteiger partial charge in [0, 0.05) is 35.6 Å². The van der Waals surface area contributed by atoms with Crippen molar-refractivity contribution in [3.63, 3.8) is 0 Å². The Kier molecular flexibility index (Phi) is 4.29. The summed E-state index contributed by atoms with van der Waals surface area (Å²) in [6.45, 7) is 7.95. The highest BCUT2D eigenvalue weighted by molar-refractivity contribution is 5.48. The van der Waals surface area contributed by atoms with Gasteiger partial charge < -0.3 is 10.6 Å². The van der Waals surface area contributed by atoms with Gasteiger partial charge in [0.2, 0.25) is 5.95 Å². The molecule has 1 saturated heterocycles. The second kappa shape index (κ2) is 6.36. The smallest absolute Gasteiger partial charge is 0.228 e. The molecule has 0 unspecified atom stereocenters. The van der Waals surface area contributed by atoms with Crippen molar-refractivity contribution in [1.29, 1.82) is 0 Å². The summed E-state index contributed by atoms with van der Waals surface area (Å²) in [6, 6.07) is 3.89. The fourth-order valence-electron chi connectivity index (χ4n) is 2.81. The van der Waals surface area contributed by atoms with Crippen molar-refractivity contribution in [2.24, 2.45) is 0 Å². The average molecular weight is 298 g/mol. The first kappa shape index (κ1) is 14.8. The lowest BCUT2D eigenvalue weighted by Gasteiger charge is -2.22. The topological polar surface area (TPSA) is 75.6 Å². The molecule has 0 aliphatic carbocycles. The number of piperidine rings is 1. The summed E-state index contributed by atoms with van der Waals surface area (Å²) >= 11 is 0. The molecule has 0 spiro atoms. The van der Waals surface area contributed by atoms with Crippen molar-refractivity contribution < 1.29 is 0 Å². The molecule has 22 heavy (non-hydrogen) atoms. The Morgan fingerprint density at radius 1 is 1.00 bits per heavy atom. The molecule has 0 bridgehead atoms. The summed E-state index contributed by atoms with van der Waals surface area (Å²) in [6.07, 6.45) is 2.31. The van der Waals surface area contributed by atoms with E-state index in [1.165, 1.54) is 6.42 Å². The van der Waals surface area contributed by atoms with E-state index in [9.17, 15) is 0 Å². The highest BCUT2D eigenvalue weighted by Gasteiger charge is 2.19. The van der Waals surface area contributed by atoms with Gasteiger partial charge >= 0.3 is 0 Å². The van der Waals surface area contributed by atoms with Gasteiger partial charge in [-0.05, 0) is 46.2 Å². The monoisotopic (exact) mass is 298 g/mol. The maximum atomic E-state index is 4.67. The number of hydrogen-bond donors (Lipinski definition) is 2. The molecule has 0 aromatic carbocycles. The van der Waals surface area contributed by atoms with E-state index in [1.54, 1.807) is 0 Å². The Labute approximate surface area is 130 Å². The van der Waals surface area contributed by atoms with Crippen molar-refractivity contribution in [3.05, 3.63) is 35.0 Å². The third-order valence-electron chi connectivity index (χ3n) is 3.76. The molecular weight excluding hydrogens is 276 g/mol. The molecule has 6 nitrogen and oxygen atoms in total. The Morgan fingerprint density at radius 3 is 2.41 bits per heavy atom. The lowest BCUT2D eigenvalue weighted by Crippen LogP contribution is -2.29. The number of rotatable bonds is 3. The minimum atomic E-state index is 0.384. The van der Waals surface area contributed by atoms with Crippen molar-refractivity contribution in [1.82, 2.24) is 25.3 Å². The number of aromatic nitrogens is 4. The zero-order valence-electron chi connectivity index (χ0n) is 13.3. The third-order valence-corrected chi connectivity index (χ3v) is 3.76. The van der Waals surface area contributed by atoms with E-state index < -0.39 is 0 Å². The van der Waals surface area contributed by atoms with Gasteiger partial charge in [-0.2, -0.15) is 0 Å². The van der Waals surface area contributed by atoms with Crippen LogP contribution in [0.1, 0.15) is 41.7 Å². The predicted molar refractivity (Wildman–Crippen MR) is 86.4 cm³/mol. The number of anilines is 2. The first-order chi connectivity index (χ1) is 10.6. The molecule has 1 atom stereocenters. The van der Waals surface area contributed by atoms with Crippen LogP contribution in [0.15, 0.2) is 12.1 Å². The van der Waals surface area contributed by atoms with Crippen LogP contribution in [0, 0.1) is 20.8 Å². The Morgan fingerprint density at radius 2 is 1.73 bits per heavy atom. The molecule has 0 saturated carbocycles. The summed E-state index contributed by atoms with van der Waals surface area (Å²) in [5.41, 5.74) is 2.84. The molecule has 1 aliphatic rings. The standard InChI is InChI=1S/C16H22N6/c1-10-7-11(2)20-16(19-10)22-14-8-12(3)18-15(21-14)13-5-4-6-17-9-13/h7-8,13,17H,4-6,9H2,1-3H3,(H,18,19,20,21,22)/t13-/m1/s1. The minimum Gasteiger partial charge on any atom is -0.316 e. The quantitative estimate of drug-likeness (QED) is 0.906. The van der Waals surface area contributed by atoms with Crippen LogP contribution in [-0.4, -0.2) is 33.0 Å². The molecule has 2 aromatic rings. The number of hydrogen-bond acceptors (Lipinski definition) is 6. The normalized spacial score (nSPS) is 18.2. The molecule has 2 aromatic heterocycles. The van der Waals surface area contributed by atoms with E-state index >= 15 is 0 Å². The van der Waals surface area contributed by atoms with Crippen LogP contribution in [0.3, 0.4) is 0 Å². The molecule has 2 N–H and O–H groups in total. The molecule has 0 amide bonds. The molecule has 0 radical (unpaired) electrons. The summed E-state index contributed by atoms with van der Waals surface area (Å²) < 4.78 is 0. The molecule has 3 heterocycles. The fourth-order valence-corrected chi connectivity index (χ4v) is 2.81. The number of aryl methyl sites for hydroxylation is 3. The third kappa shape index (κ3) is 3.57. The highest BCUT2D eigenvalue weighted by Crippen LogP contribution is 2.22. The minimum absolute atomic E-state index is 0.384. The van der Waals surface area contributed by atoms with Crippen LogP contribution in [0.2, 0.25) is 0 Å². The van der Waals surface area contributed by atoms with Crippen LogP contribution in [-0.2, 0) is 0 Å². The zero-order chi connectivity index (χ0) is 15.5. The van der Waals surface area contributed by atoms with E-state index in [2.05, 4.69) is 30.6 Å². The van der Waals surface area contributed by atoms with Gasteiger partial charge in [0.15, 0.2) is 0 Å². The van der Waals surface area contributed by atoms with Crippen molar-refractivity contribution >= 4 is 11.8 Å². The predicted octanol–water partition coefficient (Wildman–Crippen LogP) is 2.40. The van der Waals surface area contributed by atoms with Gasteiger partial charge in [0.1, 0.15) is 11.6 Å². The van der Waals surface area contributed by atoms with Crippen LogP contribution in [0.25, 0.3) is 0 Å². The van der Waals surface area contributed by atoms with E-state index in [0.29, 0.717) is 11.9 Å². The highest BCUT2D eigenvalue weighted by atomic mass is 15.2. The first-order valence-electron chi connectivity index (χ1n) is 7.76. The van der Waals surface area contributed by atoms with Crippen LogP contribution < -0.4 is 10.6 Å². The SMILES string of the molecule is Cc1cc(C)nc(Nc2cc(C)nc([C@@H]3CCCNC3)n2)n1. The Bertz CT molecular complexity index is 643. The molecule has 1 fully saturated rings. The number of nitrogens with zero attached hydrogens (tertiary/aromatic N) is 4. The maximum Gasteiger partial charge on any atom is 0.228 e. The van der Waals surface area contributed by atoms with Gasteiger partial charge in [0.05, 0.1) is 0 Å². The molecule has 1 aliphatic heterocycles. The van der Waals surface area contributed by atoms with E-state index in [1.807, 2.05) is 32.9 Å². The zero-order valence-corrected chi connectivity index (χ0v) is 13.3. The largest absolute Gasteiger partial charge is 0.316 e. The lowest BCUT2D eigenvalue weighted by molar-refractivity contribution is 0.446. The van der Waals surface area contributed by atoms with Crippen molar-refractivity contribution in [2.75, 3.05) is 18.4 Å². The Hall–Kier alpha value is -2.08. The molecule has 3 rings (SSSR count). The molecule has 116 valence electrons. The Balaban J connectivity index is 1.85. The van der Waals surface area contributed by atoms with E-state index in [4.69, 9.17) is 0 Å². The summed E-state index contributed by atoms with van der Waals surface area (Å²) in [4.78, 5) is 18.1. The van der Waals surface area contributed by atoms with Gasteiger partial charge in [-0.1, -0.05) is 0 Å². The molecular formula is C16H22N6. The van der Waals surface area contributed by atoms with Gasteiger partial charge in [-0.3, -0.25) is 0 Å². The summed E-state index contributed by atoms with van der Waals surface area (Å²) in [5, 5.41) is 6.62. The average Bonchev–Trinajstić information content (AvgIpc) is 2.46. The maximum absolute atomic E-state index is 4.67. The van der Waals surface area contributed by atoms with E-state index in [-0.39, 0.29) is 0 Å².